The van der Waals surface area contributed by atoms with Gasteiger partial charge in [0.2, 0.25) is 0 Å². The van der Waals surface area contributed by atoms with Gasteiger partial charge in [-0.25, -0.2) is 9.97 Å². The second kappa shape index (κ2) is 16.0. The van der Waals surface area contributed by atoms with Crippen molar-refractivity contribution in [1.29, 1.82) is 0 Å². The zero-order chi connectivity index (χ0) is 43.2. The predicted molar refractivity (Wildman–Crippen MR) is 269 cm³/mol. The van der Waals surface area contributed by atoms with Gasteiger partial charge in [0, 0.05) is 16.7 Å². The molecule has 1 aliphatic carbocycles. The van der Waals surface area contributed by atoms with E-state index in [0.717, 1.165) is 55.9 Å². The molecule has 0 spiro atoms. The lowest BCUT2D eigenvalue weighted by molar-refractivity contribution is 0.775. The number of rotatable bonds is 8. The number of aromatic nitrogens is 2. The van der Waals surface area contributed by atoms with E-state index in [2.05, 4.69) is 249 Å². The van der Waals surface area contributed by atoms with Crippen molar-refractivity contribution in [2.75, 3.05) is 0 Å². The van der Waals surface area contributed by atoms with Crippen LogP contribution in [0.2, 0.25) is 0 Å². The highest BCUT2D eigenvalue weighted by Gasteiger charge is 2.48. The van der Waals surface area contributed by atoms with Crippen LogP contribution < -0.4 is 0 Å². The molecular weight excluding hydrogens is 785 g/mol. The number of fused-ring (bicyclic) bond motifs is 5. The third kappa shape index (κ3) is 6.58. The molecule has 1 aromatic heterocycles. The van der Waals surface area contributed by atoms with Gasteiger partial charge in [0.1, 0.15) is 0 Å². The Morgan fingerprint density at radius 2 is 0.754 bits per heavy atom. The maximum atomic E-state index is 5.35. The second-order valence-electron chi connectivity index (χ2n) is 16.9. The minimum absolute atomic E-state index is 0.541. The van der Waals surface area contributed by atoms with Gasteiger partial charge in [0.15, 0.2) is 5.82 Å². The first-order chi connectivity index (χ1) is 32.2. The van der Waals surface area contributed by atoms with Crippen LogP contribution in [0.5, 0.6) is 0 Å². The molecule has 10 aromatic carbocycles. The van der Waals surface area contributed by atoms with Crippen molar-refractivity contribution in [3.63, 3.8) is 0 Å². The maximum absolute atomic E-state index is 5.35. The Morgan fingerprint density at radius 3 is 1.38 bits per heavy atom. The Morgan fingerprint density at radius 1 is 0.292 bits per heavy atom. The van der Waals surface area contributed by atoms with Crippen LogP contribution >= 0.6 is 0 Å². The summed E-state index contributed by atoms with van der Waals surface area (Å²) in [4.78, 5) is 10.7. The van der Waals surface area contributed by atoms with Gasteiger partial charge in [-0.2, -0.15) is 0 Å². The van der Waals surface area contributed by atoms with Gasteiger partial charge in [-0.3, -0.25) is 0 Å². The van der Waals surface area contributed by atoms with E-state index in [0.29, 0.717) is 5.82 Å². The molecule has 0 unspecified atom stereocenters. The Balaban J connectivity index is 1.09. The van der Waals surface area contributed by atoms with Crippen molar-refractivity contribution in [3.05, 3.63) is 277 Å². The van der Waals surface area contributed by atoms with E-state index in [4.69, 9.17) is 9.97 Å². The second-order valence-corrected chi connectivity index (χ2v) is 16.9. The first kappa shape index (κ1) is 38.2. The van der Waals surface area contributed by atoms with Crippen LogP contribution in [0, 0.1) is 0 Å². The van der Waals surface area contributed by atoms with Crippen molar-refractivity contribution in [1.82, 2.24) is 9.97 Å². The third-order valence-electron chi connectivity index (χ3n) is 13.1. The quantitative estimate of drug-likeness (QED) is 0.152. The maximum Gasteiger partial charge on any atom is 0.160 e. The fraction of sp³-hybridized carbons (Fsp3) is 0.0159. The Labute approximate surface area is 379 Å². The van der Waals surface area contributed by atoms with Crippen molar-refractivity contribution >= 4 is 10.8 Å². The summed E-state index contributed by atoms with van der Waals surface area (Å²) in [5, 5.41) is 2.46. The molecule has 12 rings (SSSR count). The van der Waals surface area contributed by atoms with Gasteiger partial charge in [0.05, 0.1) is 16.8 Å². The summed E-state index contributed by atoms with van der Waals surface area (Å²) in [5.41, 5.74) is 18.8. The standard InChI is InChI=1S/C63H42N2/c1-6-21-43(22-7-1)49-38-50(44-23-8-2-9-24-44)40-51(39-49)59-42-58(64-62(65-59)45-25-10-3-11-26-45)48-29-20-28-46(37-48)56-41-47-27-16-17-34-54(47)61-60(56)55-35-18-19-36-57(55)63(61,52-30-12-4-13-31-52)53-32-14-5-15-33-53/h1-42H. The lowest BCUT2D eigenvalue weighted by Gasteiger charge is -2.35. The van der Waals surface area contributed by atoms with Crippen molar-refractivity contribution in [3.8, 4) is 78.4 Å². The number of hydrogen-bond acceptors (Lipinski definition) is 2. The smallest absolute Gasteiger partial charge is 0.160 e. The highest BCUT2D eigenvalue weighted by molar-refractivity contribution is 6.07. The normalized spacial score (nSPS) is 12.4. The minimum atomic E-state index is -0.541. The highest BCUT2D eigenvalue weighted by Crippen LogP contribution is 2.60. The number of nitrogens with zero attached hydrogens (tertiary/aromatic N) is 2. The molecule has 0 aliphatic heterocycles. The average Bonchev–Trinajstić information content (AvgIpc) is 3.72. The van der Waals surface area contributed by atoms with E-state index in [9.17, 15) is 0 Å². The molecule has 0 radical (unpaired) electrons. The molecule has 0 bridgehead atoms. The molecule has 304 valence electrons. The molecule has 0 amide bonds. The van der Waals surface area contributed by atoms with Crippen LogP contribution in [0.1, 0.15) is 22.3 Å². The van der Waals surface area contributed by atoms with Crippen LogP contribution in [0.25, 0.3) is 89.2 Å². The van der Waals surface area contributed by atoms with E-state index in [1.165, 1.54) is 49.7 Å². The summed E-state index contributed by atoms with van der Waals surface area (Å²) in [5.74, 6) is 0.686. The summed E-state index contributed by atoms with van der Waals surface area (Å²) >= 11 is 0. The third-order valence-corrected chi connectivity index (χ3v) is 13.1. The predicted octanol–water partition coefficient (Wildman–Crippen LogP) is 16.0. The molecule has 0 N–H and O–H groups in total. The van der Waals surface area contributed by atoms with E-state index >= 15 is 0 Å². The van der Waals surface area contributed by atoms with Crippen LogP contribution in [0.3, 0.4) is 0 Å². The number of hydrogen-bond donors (Lipinski definition) is 0. The first-order valence-corrected chi connectivity index (χ1v) is 22.3. The van der Waals surface area contributed by atoms with Gasteiger partial charge in [-0.15, -0.1) is 0 Å². The van der Waals surface area contributed by atoms with Crippen molar-refractivity contribution in [2.24, 2.45) is 0 Å². The molecule has 1 heterocycles. The molecule has 65 heavy (non-hydrogen) atoms. The van der Waals surface area contributed by atoms with Gasteiger partial charge < -0.3 is 0 Å². The number of benzene rings is 10. The summed E-state index contributed by atoms with van der Waals surface area (Å²) < 4.78 is 0. The molecule has 1 aliphatic rings. The molecular formula is C63H42N2. The summed E-state index contributed by atoms with van der Waals surface area (Å²) in [7, 11) is 0. The SMILES string of the molecule is c1ccc(-c2cc(-c3ccccc3)cc(-c3cc(-c4cccc(-c5cc6ccccc6c6c5-c5ccccc5C6(c5ccccc5)c5ccccc5)c4)nc(-c4ccccc4)n3)c2)cc1. The molecule has 2 nitrogen and oxygen atoms in total. The summed E-state index contributed by atoms with van der Waals surface area (Å²) in [6.07, 6.45) is 0. The fourth-order valence-electron chi connectivity index (χ4n) is 10.2. The molecule has 11 aromatic rings. The fourth-order valence-corrected chi connectivity index (χ4v) is 10.2. The van der Waals surface area contributed by atoms with Gasteiger partial charge in [-0.1, -0.05) is 218 Å². The van der Waals surface area contributed by atoms with Crippen molar-refractivity contribution in [2.45, 2.75) is 5.41 Å². The molecule has 0 fully saturated rings. The van der Waals surface area contributed by atoms with Crippen LogP contribution in [-0.2, 0) is 5.41 Å². The molecule has 0 atom stereocenters. The Kier molecular flexibility index (Phi) is 9.43. The molecule has 0 saturated heterocycles. The van der Waals surface area contributed by atoms with Crippen LogP contribution in [0.15, 0.2) is 255 Å². The van der Waals surface area contributed by atoms with E-state index in [1.807, 2.05) is 6.07 Å². The lowest BCUT2D eigenvalue weighted by Crippen LogP contribution is -2.28. The first-order valence-electron chi connectivity index (χ1n) is 22.3. The highest BCUT2D eigenvalue weighted by atomic mass is 14.9. The zero-order valence-electron chi connectivity index (χ0n) is 35.6. The molecule has 0 saturated carbocycles. The lowest BCUT2D eigenvalue weighted by atomic mass is 9.66. The van der Waals surface area contributed by atoms with E-state index in [1.54, 1.807) is 0 Å². The van der Waals surface area contributed by atoms with E-state index in [-0.39, 0.29) is 0 Å². The molecule has 2 heteroatoms. The van der Waals surface area contributed by atoms with Gasteiger partial charge in [-0.05, 0) is 114 Å². The summed E-state index contributed by atoms with van der Waals surface area (Å²) in [6, 6.07) is 92.0. The average molecular weight is 827 g/mol. The topological polar surface area (TPSA) is 25.8 Å². The van der Waals surface area contributed by atoms with E-state index < -0.39 is 5.41 Å². The minimum Gasteiger partial charge on any atom is -0.228 e. The van der Waals surface area contributed by atoms with Crippen molar-refractivity contribution < 1.29 is 0 Å². The zero-order valence-corrected chi connectivity index (χ0v) is 35.6. The van der Waals surface area contributed by atoms with Gasteiger partial charge in [0.25, 0.3) is 0 Å². The van der Waals surface area contributed by atoms with Gasteiger partial charge >= 0.3 is 0 Å². The Hall–Kier alpha value is -8.46. The monoisotopic (exact) mass is 826 g/mol. The summed E-state index contributed by atoms with van der Waals surface area (Å²) in [6.45, 7) is 0. The van der Waals surface area contributed by atoms with Crippen LogP contribution in [-0.4, -0.2) is 9.97 Å². The Bertz CT molecular complexity index is 3410. The van der Waals surface area contributed by atoms with Crippen LogP contribution in [0.4, 0.5) is 0 Å². The largest absolute Gasteiger partial charge is 0.228 e.